The second-order valence-corrected chi connectivity index (χ2v) is 4.46. The van der Waals surface area contributed by atoms with Gasteiger partial charge in [-0.3, -0.25) is 0 Å². The Kier molecular flexibility index (Phi) is 5.69. The molecule has 0 aliphatic heterocycles. The summed E-state index contributed by atoms with van der Waals surface area (Å²) in [5.41, 5.74) is 4.00. The summed E-state index contributed by atoms with van der Waals surface area (Å²) in [6.45, 7) is 7.39. The van der Waals surface area contributed by atoms with E-state index in [0.29, 0.717) is 0 Å². The third-order valence-corrected chi connectivity index (χ3v) is 2.59. The number of hydrogen-bond acceptors (Lipinski definition) is 1. The van der Waals surface area contributed by atoms with Gasteiger partial charge >= 0.3 is 0 Å². The van der Waals surface area contributed by atoms with E-state index in [2.05, 4.69) is 56.4 Å². The Balaban J connectivity index is 2.42. The quantitative estimate of drug-likeness (QED) is 0.696. The van der Waals surface area contributed by atoms with Gasteiger partial charge in [0.2, 0.25) is 0 Å². The van der Waals surface area contributed by atoms with Crippen molar-refractivity contribution >= 4 is 5.69 Å². The van der Waals surface area contributed by atoms with E-state index in [0.717, 1.165) is 6.54 Å². The highest BCUT2D eigenvalue weighted by Crippen LogP contribution is 2.11. The fourth-order valence-corrected chi connectivity index (χ4v) is 1.54. The number of allylic oxidation sites excluding steroid dienone is 1. The van der Waals surface area contributed by atoms with Gasteiger partial charge in [0.25, 0.3) is 0 Å². The van der Waals surface area contributed by atoms with E-state index in [1.165, 1.54) is 36.1 Å². The summed E-state index contributed by atoms with van der Waals surface area (Å²) in [7, 11) is 0. The summed E-state index contributed by atoms with van der Waals surface area (Å²) in [6.07, 6.45) is 5.95. The number of hydrogen-bond donors (Lipinski definition) is 1. The van der Waals surface area contributed by atoms with Crippen molar-refractivity contribution in [2.24, 2.45) is 0 Å². The average molecular weight is 217 g/mol. The lowest BCUT2D eigenvalue weighted by Crippen LogP contribution is -1.98. The predicted molar refractivity (Wildman–Crippen MR) is 73.0 cm³/mol. The average Bonchev–Trinajstić information content (AvgIpc) is 2.27. The highest BCUT2D eigenvalue weighted by molar-refractivity contribution is 5.45. The maximum atomic E-state index is 3.38. The Morgan fingerprint density at radius 1 is 1.19 bits per heavy atom. The first-order chi connectivity index (χ1) is 7.72. The molecule has 16 heavy (non-hydrogen) atoms. The molecule has 1 N–H and O–H groups in total. The number of rotatable bonds is 6. The minimum absolute atomic E-state index is 0.913. The van der Waals surface area contributed by atoms with Crippen molar-refractivity contribution in [3.05, 3.63) is 41.5 Å². The fraction of sp³-hybridized carbons (Fsp3) is 0.467. The van der Waals surface area contributed by atoms with Crippen LogP contribution in [0.15, 0.2) is 35.9 Å². The van der Waals surface area contributed by atoms with Crippen molar-refractivity contribution in [3.63, 3.8) is 0 Å². The standard InChI is InChI=1S/C15H23N/c1-4-5-6-14-7-9-15(10-8-14)16-12-11-13(2)3/h7-11,16H,4-6,12H2,1-3H3. The summed E-state index contributed by atoms with van der Waals surface area (Å²) in [5, 5.41) is 3.38. The zero-order valence-electron chi connectivity index (χ0n) is 10.7. The molecule has 88 valence electrons. The molecule has 0 saturated carbocycles. The van der Waals surface area contributed by atoms with Gasteiger partial charge in [-0.25, -0.2) is 0 Å². The maximum absolute atomic E-state index is 3.38. The van der Waals surface area contributed by atoms with Crippen LogP contribution in [0.1, 0.15) is 39.2 Å². The molecular formula is C15H23N. The molecule has 0 atom stereocenters. The second kappa shape index (κ2) is 7.10. The number of anilines is 1. The Morgan fingerprint density at radius 2 is 1.88 bits per heavy atom. The summed E-state index contributed by atoms with van der Waals surface area (Å²) >= 11 is 0. The molecule has 1 aromatic carbocycles. The van der Waals surface area contributed by atoms with E-state index < -0.39 is 0 Å². The number of unbranched alkanes of at least 4 members (excludes halogenated alkanes) is 1. The second-order valence-electron chi connectivity index (χ2n) is 4.46. The van der Waals surface area contributed by atoms with Crippen LogP contribution in [0.4, 0.5) is 5.69 Å². The predicted octanol–water partition coefficient (Wildman–Crippen LogP) is 4.41. The Morgan fingerprint density at radius 3 is 2.44 bits per heavy atom. The summed E-state index contributed by atoms with van der Waals surface area (Å²) in [6, 6.07) is 8.79. The topological polar surface area (TPSA) is 12.0 Å². The number of benzene rings is 1. The zero-order chi connectivity index (χ0) is 11.8. The third kappa shape index (κ3) is 5.01. The first-order valence-corrected chi connectivity index (χ1v) is 6.18. The van der Waals surface area contributed by atoms with Gasteiger partial charge in [-0.2, -0.15) is 0 Å². The Labute approximate surface area is 99.6 Å². The molecule has 0 aliphatic rings. The van der Waals surface area contributed by atoms with E-state index >= 15 is 0 Å². The van der Waals surface area contributed by atoms with Gasteiger partial charge < -0.3 is 5.32 Å². The van der Waals surface area contributed by atoms with Crippen molar-refractivity contribution < 1.29 is 0 Å². The molecule has 0 radical (unpaired) electrons. The van der Waals surface area contributed by atoms with E-state index in [1.54, 1.807) is 0 Å². The monoisotopic (exact) mass is 217 g/mol. The van der Waals surface area contributed by atoms with Crippen molar-refractivity contribution in [1.29, 1.82) is 0 Å². The summed E-state index contributed by atoms with van der Waals surface area (Å²) < 4.78 is 0. The van der Waals surface area contributed by atoms with E-state index in [4.69, 9.17) is 0 Å². The summed E-state index contributed by atoms with van der Waals surface area (Å²) in [5.74, 6) is 0. The highest BCUT2D eigenvalue weighted by atomic mass is 14.8. The smallest absolute Gasteiger partial charge is 0.0342 e. The molecule has 0 saturated heterocycles. The van der Waals surface area contributed by atoms with Crippen molar-refractivity contribution in [3.8, 4) is 0 Å². The third-order valence-electron chi connectivity index (χ3n) is 2.59. The van der Waals surface area contributed by atoms with Crippen LogP contribution in [-0.2, 0) is 6.42 Å². The number of nitrogens with one attached hydrogen (secondary N) is 1. The molecule has 0 heterocycles. The highest BCUT2D eigenvalue weighted by Gasteiger charge is 1.93. The lowest BCUT2D eigenvalue weighted by Gasteiger charge is -2.05. The van der Waals surface area contributed by atoms with Crippen LogP contribution in [0.5, 0.6) is 0 Å². The van der Waals surface area contributed by atoms with Crippen LogP contribution in [0.25, 0.3) is 0 Å². The Bertz CT molecular complexity index is 318. The molecule has 1 heteroatoms. The SMILES string of the molecule is CCCCc1ccc(NCC=C(C)C)cc1. The van der Waals surface area contributed by atoms with Gasteiger partial charge in [0, 0.05) is 12.2 Å². The van der Waals surface area contributed by atoms with Gasteiger partial charge in [0.05, 0.1) is 0 Å². The van der Waals surface area contributed by atoms with Crippen molar-refractivity contribution in [2.45, 2.75) is 40.0 Å². The molecule has 0 unspecified atom stereocenters. The fourth-order valence-electron chi connectivity index (χ4n) is 1.54. The first-order valence-electron chi connectivity index (χ1n) is 6.18. The van der Waals surface area contributed by atoms with Gasteiger partial charge in [0.15, 0.2) is 0 Å². The van der Waals surface area contributed by atoms with Crippen molar-refractivity contribution in [1.82, 2.24) is 0 Å². The van der Waals surface area contributed by atoms with E-state index in [9.17, 15) is 0 Å². The van der Waals surface area contributed by atoms with Crippen LogP contribution in [0.3, 0.4) is 0 Å². The van der Waals surface area contributed by atoms with Gasteiger partial charge in [-0.05, 0) is 44.4 Å². The molecule has 1 rings (SSSR count). The van der Waals surface area contributed by atoms with Crippen molar-refractivity contribution in [2.75, 3.05) is 11.9 Å². The molecule has 0 fully saturated rings. The van der Waals surface area contributed by atoms with Crippen LogP contribution in [0.2, 0.25) is 0 Å². The Hall–Kier alpha value is -1.24. The van der Waals surface area contributed by atoms with Crippen LogP contribution in [0, 0.1) is 0 Å². The molecule has 0 aromatic heterocycles. The van der Waals surface area contributed by atoms with Crippen LogP contribution >= 0.6 is 0 Å². The van der Waals surface area contributed by atoms with Gasteiger partial charge in [-0.15, -0.1) is 0 Å². The van der Waals surface area contributed by atoms with E-state index in [-0.39, 0.29) is 0 Å². The molecule has 0 amide bonds. The normalized spacial score (nSPS) is 9.94. The summed E-state index contributed by atoms with van der Waals surface area (Å²) in [4.78, 5) is 0. The molecule has 0 aliphatic carbocycles. The maximum Gasteiger partial charge on any atom is 0.0342 e. The van der Waals surface area contributed by atoms with E-state index in [1.807, 2.05) is 0 Å². The first kappa shape index (κ1) is 12.8. The van der Waals surface area contributed by atoms with Crippen LogP contribution < -0.4 is 5.32 Å². The molecular weight excluding hydrogens is 194 g/mol. The molecule has 1 nitrogen and oxygen atoms in total. The minimum Gasteiger partial charge on any atom is -0.382 e. The number of aryl methyl sites for hydroxylation is 1. The minimum atomic E-state index is 0.913. The van der Waals surface area contributed by atoms with Gasteiger partial charge in [0.1, 0.15) is 0 Å². The zero-order valence-corrected chi connectivity index (χ0v) is 10.7. The molecule has 0 spiro atoms. The van der Waals surface area contributed by atoms with Gasteiger partial charge in [-0.1, -0.05) is 37.1 Å². The lowest BCUT2D eigenvalue weighted by atomic mass is 10.1. The lowest BCUT2D eigenvalue weighted by molar-refractivity contribution is 0.795. The largest absolute Gasteiger partial charge is 0.382 e. The molecule has 0 bridgehead atoms. The molecule has 1 aromatic rings. The van der Waals surface area contributed by atoms with Crippen LogP contribution in [-0.4, -0.2) is 6.54 Å².